The molecule has 1 atom stereocenters. The normalized spacial score (nSPS) is 20.2. The highest BCUT2D eigenvalue weighted by molar-refractivity contribution is 7.18. The van der Waals surface area contributed by atoms with Crippen molar-refractivity contribution >= 4 is 39.0 Å². The first kappa shape index (κ1) is 13.1. The highest BCUT2D eigenvalue weighted by atomic mass is 35.5. The molecule has 1 N–H and O–H groups in total. The molecule has 0 amide bonds. The highest BCUT2D eigenvalue weighted by Gasteiger charge is 2.23. The Kier molecular flexibility index (Phi) is 3.60. The molecule has 1 saturated heterocycles. The Hall–Kier alpha value is -0.910. The molecule has 0 spiro atoms. The second-order valence-electron chi connectivity index (χ2n) is 4.85. The van der Waals surface area contributed by atoms with Crippen LogP contribution in [0.25, 0.3) is 10.2 Å². The van der Waals surface area contributed by atoms with E-state index in [1.807, 2.05) is 0 Å². The SMILES string of the molecule is CCc1cc2c(N3CCNC[C@H]3C)nc(Cl)nc2s1. The van der Waals surface area contributed by atoms with Crippen molar-refractivity contribution in [2.75, 3.05) is 24.5 Å². The summed E-state index contributed by atoms with van der Waals surface area (Å²) in [7, 11) is 0. The van der Waals surface area contributed by atoms with Crippen molar-refractivity contribution in [2.24, 2.45) is 0 Å². The van der Waals surface area contributed by atoms with Gasteiger partial charge in [0.25, 0.3) is 0 Å². The number of nitrogens with zero attached hydrogens (tertiary/aromatic N) is 3. The van der Waals surface area contributed by atoms with E-state index in [0.717, 1.165) is 42.1 Å². The van der Waals surface area contributed by atoms with Crippen LogP contribution in [-0.2, 0) is 6.42 Å². The maximum absolute atomic E-state index is 6.09. The van der Waals surface area contributed by atoms with Gasteiger partial charge in [-0.25, -0.2) is 4.98 Å². The number of nitrogens with one attached hydrogen (secondary N) is 1. The molecule has 4 nitrogen and oxygen atoms in total. The minimum atomic E-state index is 0.345. The summed E-state index contributed by atoms with van der Waals surface area (Å²) in [5.74, 6) is 0.986. The van der Waals surface area contributed by atoms with Gasteiger partial charge < -0.3 is 10.2 Å². The first-order valence-corrected chi connectivity index (χ1v) is 7.81. The van der Waals surface area contributed by atoms with E-state index in [4.69, 9.17) is 11.6 Å². The van der Waals surface area contributed by atoms with Gasteiger partial charge in [0, 0.05) is 30.6 Å². The molecule has 102 valence electrons. The quantitative estimate of drug-likeness (QED) is 0.865. The fourth-order valence-electron chi connectivity index (χ4n) is 2.48. The summed E-state index contributed by atoms with van der Waals surface area (Å²) in [4.78, 5) is 13.5. The summed E-state index contributed by atoms with van der Waals surface area (Å²) >= 11 is 7.80. The predicted octanol–water partition coefficient (Wildman–Crippen LogP) is 2.71. The summed E-state index contributed by atoms with van der Waals surface area (Å²) in [6.07, 6.45) is 1.02. The van der Waals surface area contributed by atoms with Crippen LogP contribution < -0.4 is 10.2 Å². The fraction of sp³-hybridized carbons (Fsp3) is 0.538. The van der Waals surface area contributed by atoms with Crippen molar-refractivity contribution < 1.29 is 0 Å². The maximum Gasteiger partial charge on any atom is 0.225 e. The lowest BCUT2D eigenvalue weighted by Gasteiger charge is -2.35. The number of hydrogen-bond donors (Lipinski definition) is 1. The van der Waals surface area contributed by atoms with Crippen molar-refractivity contribution in [3.05, 3.63) is 16.2 Å². The zero-order valence-corrected chi connectivity index (χ0v) is 12.7. The molecule has 19 heavy (non-hydrogen) atoms. The third kappa shape index (κ3) is 2.42. The summed E-state index contributed by atoms with van der Waals surface area (Å²) in [5, 5.41) is 4.88. The molecule has 0 aliphatic carbocycles. The van der Waals surface area contributed by atoms with Gasteiger partial charge in [-0.2, -0.15) is 4.98 Å². The molecule has 6 heteroatoms. The monoisotopic (exact) mass is 296 g/mol. The van der Waals surface area contributed by atoms with Crippen LogP contribution in [0.4, 0.5) is 5.82 Å². The van der Waals surface area contributed by atoms with Gasteiger partial charge in [-0.15, -0.1) is 11.3 Å². The number of thiophene rings is 1. The standard InChI is InChI=1S/C13H17ClN4S/c1-3-9-6-10-11(16-13(14)17-12(10)19-9)18-5-4-15-7-8(18)2/h6,8,15H,3-5,7H2,1-2H3/t8-/m1/s1. The number of anilines is 1. The topological polar surface area (TPSA) is 41.0 Å². The molecule has 1 aliphatic rings. The van der Waals surface area contributed by atoms with Crippen LogP contribution in [-0.4, -0.2) is 35.6 Å². The Morgan fingerprint density at radius 2 is 2.37 bits per heavy atom. The molecule has 1 aliphatic heterocycles. The van der Waals surface area contributed by atoms with Gasteiger partial charge in [0.1, 0.15) is 10.6 Å². The smallest absolute Gasteiger partial charge is 0.225 e. The fourth-order valence-corrected chi connectivity index (χ4v) is 3.66. The van der Waals surface area contributed by atoms with Gasteiger partial charge in [-0.05, 0) is 31.0 Å². The lowest BCUT2D eigenvalue weighted by Crippen LogP contribution is -2.50. The third-order valence-corrected chi connectivity index (χ3v) is 4.86. The van der Waals surface area contributed by atoms with Crippen LogP contribution in [0.5, 0.6) is 0 Å². The Bertz CT molecular complexity index is 598. The second kappa shape index (κ2) is 5.23. The molecular formula is C13H17ClN4S. The van der Waals surface area contributed by atoms with Crippen LogP contribution in [0.3, 0.4) is 0 Å². The van der Waals surface area contributed by atoms with E-state index in [1.54, 1.807) is 11.3 Å². The van der Waals surface area contributed by atoms with Crippen LogP contribution in [0.15, 0.2) is 6.07 Å². The number of halogens is 1. The van der Waals surface area contributed by atoms with Gasteiger partial charge in [0.2, 0.25) is 5.28 Å². The first-order chi connectivity index (χ1) is 9.19. The number of fused-ring (bicyclic) bond motifs is 1. The number of hydrogen-bond acceptors (Lipinski definition) is 5. The average molecular weight is 297 g/mol. The second-order valence-corrected chi connectivity index (χ2v) is 6.30. The van der Waals surface area contributed by atoms with Crippen molar-refractivity contribution in [3.63, 3.8) is 0 Å². The molecule has 2 aromatic rings. The van der Waals surface area contributed by atoms with E-state index in [-0.39, 0.29) is 0 Å². The van der Waals surface area contributed by atoms with E-state index in [0.29, 0.717) is 11.3 Å². The Balaban J connectivity index is 2.12. The van der Waals surface area contributed by atoms with Crippen LogP contribution in [0.2, 0.25) is 5.28 Å². The third-order valence-electron chi connectivity index (χ3n) is 3.52. The molecule has 1 fully saturated rings. The van der Waals surface area contributed by atoms with Crippen LogP contribution in [0, 0.1) is 0 Å². The van der Waals surface area contributed by atoms with Crippen LogP contribution in [0.1, 0.15) is 18.7 Å². The number of aryl methyl sites for hydroxylation is 1. The van der Waals surface area contributed by atoms with Gasteiger partial charge in [0.15, 0.2) is 0 Å². The number of aromatic nitrogens is 2. The minimum absolute atomic E-state index is 0.345. The number of rotatable bonds is 2. The van der Waals surface area contributed by atoms with E-state index >= 15 is 0 Å². The molecule has 0 bridgehead atoms. The van der Waals surface area contributed by atoms with E-state index in [9.17, 15) is 0 Å². The Morgan fingerprint density at radius 1 is 1.53 bits per heavy atom. The van der Waals surface area contributed by atoms with E-state index in [1.165, 1.54) is 4.88 Å². The average Bonchev–Trinajstić information content (AvgIpc) is 2.81. The zero-order chi connectivity index (χ0) is 13.4. The highest BCUT2D eigenvalue weighted by Crippen LogP contribution is 2.33. The van der Waals surface area contributed by atoms with Gasteiger partial charge in [-0.1, -0.05) is 6.92 Å². The summed E-state index contributed by atoms with van der Waals surface area (Å²) in [6, 6.07) is 2.63. The van der Waals surface area contributed by atoms with Crippen molar-refractivity contribution in [1.29, 1.82) is 0 Å². The predicted molar refractivity (Wildman–Crippen MR) is 81.5 cm³/mol. The van der Waals surface area contributed by atoms with Gasteiger partial charge >= 0.3 is 0 Å². The molecular weight excluding hydrogens is 280 g/mol. The summed E-state index contributed by atoms with van der Waals surface area (Å²) in [5.41, 5.74) is 0. The Morgan fingerprint density at radius 3 is 3.11 bits per heavy atom. The van der Waals surface area contributed by atoms with Gasteiger partial charge in [-0.3, -0.25) is 0 Å². The van der Waals surface area contributed by atoms with Crippen molar-refractivity contribution in [3.8, 4) is 0 Å². The van der Waals surface area contributed by atoms with E-state index in [2.05, 4.69) is 40.1 Å². The molecule has 2 aromatic heterocycles. The van der Waals surface area contributed by atoms with Gasteiger partial charge in [0.05, 0.1) is 5.39 Å². The maximum atomic E-state index is 6.09. The minimum Gasteiger partial charge on any atom is -0.351 e. The first-order valence-electron chi connectivity index (χ1n) is 6.62. The molecule has 0 saturated carbocycles. The van der Waals surface area contributed by atoms with Crippen molar-refractivity contribution in [1.82, 2.24) is 15.3 Å². The Labute approximate surface area is 121 Å². The molecule has 0 radical (unpaired) electrons. The molecule has 0 aromatic carbocycles. The molecule has 3 heterocycles. The van der Waals surface area contributed by atoms with Crippen molar-refractivity contribution in [2.45, 2.75) is 26.3 Å². The summed E-state index contributed by atoms with van der Waals surface area (Å²) in [6.45, 7) is 7.29. The summed E-state index contributed by atoms with van der Waals surface area (Å²) < 4.78 is 0. The molecule has 0 unspecified atom stereocenters. The largest absolute Gasteiger partial charge is 0.351 e. The zero-order valence-electron chi connectivity index (χ0n) is 11.1. The van der Waals surface area contributed by atoms with Crippen LogP contribution >= 0.6 is 22.9 Å². The molecule has 3 rings (SSSR count). The van der Waals surface area contributed by atoms with E-state index < -0.39 is 0 Å². The lowest BCUT2D eigenvalue weighted by atomic mass is 10.2. The number of piperazine rings is 1. The lowest BCUT2D eigenvalue weighted by molar-refractivity contribution is 0.498.